The summed E-state index contributed by atoms with van der Waals surface area (Å²) in [6.07, 6.45) is 0.586. The summed E-state index contributed by atoms with van der Waals surface area (Å²) in [6, 6.07) is 12.9. The number of nitrogens with one attached hydrogen (secondary N) is 2. The second-order valence-electron chi connectivity index (χ2n) is 8.17. The Bertz CT molecular complexity index is 1400. The van der Waals surface area contributed by atoms with Gasteiger partial charge in [0.1, 0.15) is 23.0 Å². The Hall–Kier alpha value is -4.26. The van der Waals surface area contributed by atoms with Crippen molar-refractivity contribution < 1.29 is 4.74 Å². The van der Waals surface area contributed by atoms with Crippen LogP contribution in [0.25, 0.3) is 5.65 Å². The van der Waals surface area contributed by atoms with Crippen LogP contribution in [0.4, 0.5) is 11.5 Å². The maximum atomic E-state index is 12.9. The normalized spacial score (nSPS) is 11.8. The standard InChI is InChI=1S/C22H22N8O2/c1-5-15-14(12-23)19(27-25-15)28-26-18-20(31)24-17-11-16(22(2,3)4)29-30(17)21(18)32-13-9-7-6-8-10-13/h6-11H,5H2,1-4H3,(H,24,31)(H,25,27)/b28-26+. The van der Waals surface area contributed by atoms with Crippen LogP contribution in [0.15, 0.2) is 51.4 Å². The molecule has 0 atom stereocenters. The Morgan fingerprint density at radius 3 is 2.62 bits per heavy atom. The average Bonchev–Trinajstić information content (AvgIpc) is 3.37. The molecule has 10 nitrogen and oxygen atoms in total. The third-order valence-corrected chi connectivity index (χ3v) is 4.82. The summed E-state index contributed by atoms with van der Waals surface area (Å²) >= 11 is 0. The Kier molecular flexibility index (Phi) is 5.32. The molecule has 0 unspecified atom stereocenters. The van der Waals surface area contributed by atoms with E-state index in [1.807, 2.05) is 45.9 Å². The molecule has 162 valence electrons. The maximum absolute atomic E-state index is 12.9. The van der Waals surface area contributed by atoms with Crippen LogP contribution in [-0.4, -0.2) is 24.8 Å². The van der Waals surface area contributed by atoms with Crippen molar-refractivity contribution in [2.24, 2.45) is 10.2 Å². The zero-order chi connectivity index (χ0) is 22.9. The first-order valence-electron chi connectivity index (χ1n) is 10.1. The summed E-state index contributed by atoms with van der Waals surface area (Å²) in [6.45, 7) is 7.97. The lowest BCUT2D eigenvalue weighted by molar-refractivity contribution is 0.443. The maximum Gasteiger partial charge on any atom is 0.283 e. The lowest BCUT2D eigenvalue weighted by atomic mass is 9.93. The number of fused-ring (bicyclic) bond motifs is 1. The molecule has 0 spiro atoms. The number of nitriles is 1. The van der Waals surface area contributed by atoms with Crippen LogP contribution in [0, 0.1) is 11.3 Å². The second-order valence-corrected chi connectivity index (χ2v) is 8.17. The molecule has 0 aliphatic rings. The summed E-state index contributed by atoms with van der Waals surface area (Å²) in [5.74, 6) is 0.721. The van der Waals surface area contributed by atoms with E-state index in [1.54, 1.807) is 18.2 Å². The average molecular weight is 430 g/mol. The van der Waals surface area contributed by atoms with Crippen molar-refractivity contribution in [3.8, 4) is 17.7 Å². The number of hydrogen-bond donors (Lipinski definition) is 2. The topological polar surface area (TPSA) is 137 Å². The van der Waals surface area contributed by atoms with E-state index in [0.717, 1.165) is 5.69 Å². The van der Waals surface area contributed by atoms with E-state index in [0.29, 0.717) is 23.5 Å². The van der Waals surface area contributed by atoms with Crippen molar-refractivity contribution in [1.82, 2.24) is 24.8 Å². The first kappa shape index (κ1) is 21.0. The van der Waals surface area contributed by atoms with Crippen molar-refractivity contribution in [3.05, 3.63) is 63.7 Å². The molecule has 0 radical (unpaired) electrons. The van der Waals surface area contributed by atoms with E-state index >= 15 is 0 Å². The molecule has 3 heterocycles. The Morgan fingerprint density at radius 1 is 1.22 bits per heavy atom. The largest absolute Gasteiger partial charge is 0.437 e. The number of azo groups is 1. The first-order chi connectivity index (χ1) is 15.3. The number of rotatable bonds is 5. The number of hydrogen-bond acceptors (Lipinski definition) is 7. The van der Waals surface area contributed by atoms with Gasteiger partial charge in [0.2, 0.25) is 11.5 Å². The fourth-order valence-corrected chi connectivity index (χ4v) is 3.05. The van der Waals surface area contributed by atoms with Crippen molar-refractivity contribution in [2.75, 3.05) is 0 Å². The van der Waals surface area contributed by atoms with E-state index in [-0.39, 0.29) is 28.4 Å². The third-order valence-electron chi connectivity index (χ3n) is 4.82. The molecule has 0 aliphatic carbocycles. The van der Waals surface area contributed by atoms with Gasteiger partial charge in [0.05, 0.1) is 11.4 Å². The van der Waals surface area contributed by atoms with Gasteiger partial charge in [0.15, 0.2) is 0 Å². The van der Waals surface area contributed by atoms with E-state index in [9.17, 15) is 10.1 Å². The minimum atomic E-state index is -0.503. The predicted octanol–water partition coefficient (Wildman–Crippen LogP) is 4.68. The second kappa shape index (κ2) is 8.11. The smallest absolute Gasteiger partial charge is 0.283 e. The number of nitrogens with zero attached hydrogens (tertiary/aromatic N) is 6. The highest BCUT2D eigenvalue weighted by atomic mass is 16.5. The highest BCUT2D eigenvalue weighted by Gasteiger charge is 2.23. The summed E-state index contributed by atoms with van der Waals surface area (Å²) in [5.41, 5.74) is 1.33. The number of aromatic nitrogens is 5. The lowest BCUT2D eigenvalue weighted by Crippen LogP contribution is -2.13. The monoisotopic (exact) mass is 430 g/mol. The van der Waals surface area contributed by atoms with Crippen LogP contribution in [0.2, 0.25) is 0 Å². The van der Waals surface area contributed by atoms with Crippen molar-refractivity contribution in [2.45, 2.75) is 39.5 Å². The third kappa shape index (κ3) is 3.88. The zero-order valence-corrected chi connectivity index (χ0v) is 18.2. The molecule has 2 N–H and O–H groups in total. The van der Waals surface area contributed by atoms with Gasteiger partial charge in [0.25, 0.3) is 11.4 Å². The Labute approximate surface area is 183 Å². The summed E-state index contributed by atoms with van der Waals surface area (Å²) < 4.78 is 7.53. The van der Waals surface area contributed by atoms with Crippen molar-refractivity contribution in [3.63, 3.8) is 0 Å². The van der Waals surface area contributed by atoms with E-state index in [1.165, 1.54) is 4.52 Å². The van der Waals surface area contributed by atoms with Crippen LogP contribution >= 0.6 is 0 Å². The number of ether oxygens (including phenoxy) is 1. The molecular weight excluding hydrogens is 408 g/mol. The molecule has 0 aliphatic heterocycles. The van der Waals surface area contributed by atoms with Crippen LogP contribution in [0.3, 0.4) is 0 Å². The molecule has 4 rings (SSSR count). The summed E-state index contributed by atoms with van der Waals surface area (Å²) in [4.78, 5) is 15.7. The molecule has 0 saturated heterocycles. The highest BCUT2D eigenvalue weighted by Crippen LogP contribution is 2.32. The molecule has 0 fully saturated rings. The fraction of sp³-hybridized carbons (Fsp3) is 0.273. The summed E-state index contributed by atoms with van der Waals surface area (Å²) in [5, 5.41) is 29.0. The van der Waals surface area contributed by atoms with Crippen LogP contribution in [0.5, 0.6) is 11.6 Å². The van der Waals surface area contributed by atoms with Gasteiger partial charge in [0, 0.05) is 11.5 Å². The molecule has 0 bridgehead atoms. The lowest BCUT2D eigenvalue weighted by Gasteiger charge is -2.13. The number of aryl methyl sites for hydroxylation is 1. The van der Waals surface area contributed by atoms with Gasteiger partial charge in [-0.25, -0.2) is 0 Å². The molecule has 0 amide bonds. The SMILES string of the molecule is CCc1[nH]nc(/N=N/c2c(Oc3ccccc3)n3nc(C(C)(C)C)cc3[nH]c2=O)c1C#N. The molecule has 3 aromatic heterocycles. The van der Waals surface area contributed by atoms with Crippen LogP contribution < -0.4 is 10.3 Å². The van der Waals surface area contributed by atoms with Gasteiger partial charge in [-0.15, -0.1) is 10.2 Å². The number of aromatic amines is 2. The van der Waals surface area contributed by atoms with Gasteiger partial charge >= 0.3 is 0 Å². The number of H-pyrrole nitrogens is 2. The van der Waals surface area contributed by atoms with Crippen molar-refractivity contribution in [1.29, 1.82) is 5.26 Å². The van der Waals surface area contributed by atoms with E-state index in [4.69, 9.17) is 4.74 Å². The van der Waals surface area contributed by atoms with Gasteiger partial charge in [-0.2, -0.15) is 20.0 Å². The molecule has 4 aromatic rings. The van der Waals surface area contributed by atoms with Gasteiger partial charge in [-0.3, -0.25) is 9.89 Å². The highest BCUT2D eigenvalue weighted by molar-refractivity contribution is 5.56. The van der Waals surface area contributed by atoms with Crippen LogP contribution in [0.1, 0.15) is 44.6 Å². The van der Waals surface area contributed by atoms with E-state index < -0.39 is 5.56 Å². The number of para-hydroxylation sites is 1. The quantitative estimate of drug-likeness (QED) is 0.443. The van der Waals surface area contributed by atoms with Gasteiger partial charge in [-0.05, 0) is 18.6 Å². The minimum absolute atomic E-state index is 0.0881. The van der Waals surface area contributed by atoms with Gasteiger partial charge in [-0.1, -0.05) is 45.9 Å². The molecule has 1 aromatic carbocycles. The van der Waals surface area contributed by atoms with Crippen LogP contribution in [-0.2, 0) is 11.8 Å². The minimum Gasteiger partial charge on any atom is -0.437 e. The Balaban J connectivity index is 1.90. The molecule has 32 heavy (non-hydrogen) atoms. The summed E-state index contributed by atoms with van der Waals surface area (Å²) in [7, 11) is 0. The van der Waals surface area contributed by atoms with Gasteiger partial charge < -0.3 is 9.72 Å². The zero-order valence-electron chi connectivity index (χ0n) is 18.2. The van der Waals surface area contributed by atoms with E-state index in [2.05, 4.69) is 36.6 Å². The first-order valence-corrected chi connectivity index (χ1v) is 10.1. The fourth-order valence-electron chi connectivity index (χ4n) is 3.05. The predicted molar refractivity (Wildman–Crippen MR) is 118 cm³/mol. The molecule has 10 heteroatoms. The van der Waals surface area contributed by atoms with Crippen molar-refractivity contribution >= 4 is 17.2 Å². The Morgan fingerprint density at radius 2 is 1.97 bits per heavy atom. The number of benzene rings is 1. The molecular formula is C22H22N8O2. The molecule has 0 saturated carbocycles.